The van der Waals surface area contributed by atoms with Crippen LogP contribution in [0.1, 0.15) is 11.1 Å². The number of rotatable bonds is 6. The van der Waals surface area contributed by atoms with Gasteiger partial charge in [0.15, 0.2) is 0 Å². The van der Waals surface area contributed by atoms with Crippen LogP contribution in [-0.4, -0.2) is 20.5 Å². The molecular weight excluding hydrogens is 305 g/mol. The number of nitrogens with one attached hydrogen (secondary N) is 1. The first-order chi connectivity index (χ1) is 10.4. The van der Waals surface area contributed by atoms with Gasteiger partial charge in [0, 0.05) is 0 Å². The highest BCUT2D eigenvalue weighted by atomic mass is 32.2. The maximum atomic E-state index is 13.2. The molecule has 22 heavy (non-hydrogen) atoms. The molecule has 116 valence electrons. The molecule has 0 amide bonds. The molecule has 0 aliphatic rings. The summed E-state index contributed by atoms with van der Waals surface area (Å²) in [6.07, 6.45) is -0.0404. The third kappa shape index (κ3) is 4.22. The molecule has 0 spiro atoms. The lowest BCUT2D eigenvalue weighted by atomic mass is 10.1. The molecule has 0 heterocycles. The maximum Gasteiger partial charge on any atom is 0.319 e. The van der Waals surface area contributed by atoms with Crippen LogP contribution in [0.4, 0.5) is 4.39 Å². The van der Waals surface area contributed by atoms with E-state index in [9.17, 15) is 17.6 Å². The van der Waals surface area contributed by atoms with Gasteiger partial charge in [0.1, 0.15) is 6.04 Å². The van der Waals surface area contributed by atoms with Gasteiger partial charge in [-0.15, -0.1) is 0 Å². The van der Waals surface area contributed by atoms with Gasteiger partial charge in [0.05, 0.1) is 4.90 Å². The SMILES string of the molecule is Cc1ccc(S(=O)(=O)N[C@@H](Cc2ccccc2)C(=O)F)cc1. The fourth-order valence-corrected chi connectivity index (χ4v) is 3.17. The summed E-state index contributed by atoms with van der Waals surface area (Å²) >= 11 is 0. The average molecular weight is 321 g/mol. The minimum atomic E-state index is -3.95. The van der Waals surface area contributed by atoms with Crippen LogP contribution in [0.5, 0.6) is 0 Å². The zero-order chi connectivity index (χ0) is 16.2. The normalized spacial score (nSPS) is 12.8. The molecule has 0 saturated heterocycles. The summed E-state index contributed by atoms with van der Waals surface area (Å²) in [4.78, 5) is 11.1. The van der Waals surface area contributed by atoms with Gasteiger partial charge in [-0.05, 0) is 31.0 Å². The van der Waals surface area contributed by atoms with Gasteiger partial charge in [-0.3, -0.25) is 4.79 Å². The molecule has 0 saturated carbocycles. The molecule has 1 N–H and O–H groups in total. The summed E-state index contributed by atoms with van der Waals surface area (Å²) in [7, 11) is -3.95. The lowest BCUT2D eigenvalue weighted by Gasteiger charge is -2.14. The summed E-state index contributed by atoms with van der Waals surface area (Å²) in [6, 6.07) is 11.6. The Balaban J connectivity index is 2.20. The van der Waals surface area contributed by atoms with Gasteiger partial charge >= 0.3 is 6.04 Å². The van der Waals surface area contributed by atoms with E-state index in [1.54, 1.807) is 42.5 Å². The van der Waals surface area contributed by atoms with Gasteiger partial charge in [-0.25, -0.2) is 8.42 Å². The molecule has 0 radical (unpaired) electrons. The number of hydrogen-bond acceptors (Lipinski definition) is 3. The Bertz CT molecular complexity index is 743. The quantitative estimate of drug-likeness (QED) is 0.831. The highest BCUT2D eigenvalue weighted by molar-refractivity contribution is 7.89. The van der Waals surface area contributed by atoms with E-state index in [1.807, 2.05) is 6.92 Å². The maximum absolute atomic E-state index is 13.2. The first-order valence-electron chi connectivity index (χ1n) is 6.71. The number of halogens is 1. The van der Waals surface area contributed by atoms with Crippen LogP contribution in [0.2, 0.25) is 0 Å². The van der Waals surface area contributed by atoms with E-state index in [-0.39, 0.29) is 11.3 Å². The molecule has 0 aliphatic heterocycles. The van der Waals surface area contributed by atoms with Crippen LogP contribution in [0.3, 0.4) is 0 Å². The van der Waals surface area contributed by atoms with Crippen LogP contribution in [0, 0.1) is 6.92 Å². The molecule has 2 aromatic carbocycles. The van der Waals surface area contributed by atoms with E-state index >= 15 is 0 Å². The lowest BCUT2D eigenvalue weighted by molar-refractivity contribution is -0.131. The molecule has 1 atom stereocenters. The van der Waals surface area contributed by atoms with E-state index < -0.39 is 22.1 Å². The minimum Gasteiger partial charge on any atom is -0.259 e. The fraction of sp³-hybridized carbons (Fsp3) is 0.188. The number of sulfonamides is 1. The number of benzene rings is 2. The Hall–Kier alpha value is -2.05. The van der Waals surface area contributed by atoms with E-state index in [2.05, 4.69) is 4.72 Å². The van der Waals surface area contributed by atoms with Crippen molar-refractivity contribution in [2.75, 3.05) is 0 Å². The Morgan fingerprint density at radius 1 is 1.09 bits per heavy atom. The number of carbonyl (C=O) groups excluding carboxylic acids is 1. The van der Waals surface area contributed by atoms with Crippen molar-refractivity contribution in [1.29, 1.82) is 0 Å². The Kier molecular flexibility index (Phi) is 5.05. The Labute approximate surface area is 129 Å². The van der Waals surface area contributed by atoms with Crippen LogP contribution in [0.25, 0.3) is 0 Å². The van der Waals surface area contributed by atoms with Crippen LogP contribution in [0.15, 0.2) is 59.5 Å². The van der Waals surface area contributed by atoms with Crippen molar-refractivity contribution in [3.63, 3.8) is 0 Å². The summed E-state index contributed by atoms with van der Waals surface area (Å²) in [6.45, 7) is 1.83. The second-order valence-electron chi connectivity index (χ2n) is 4.98. The number of hydrogen-bond donors (Lipinski definition) is 1. The molecule has 2 aromatic rings. The highest BCUT2D eigenvalue weighted by Crippen LogP contribution is 2.13. The number of aryl methyl sites for hydroxylation is 1. The van der Waals surface area contributed by atoms with Gasteiger partial charge < -0.3 is 0 Å². The van der Waals surface area contributed by atoms with Crippen molar-refractivity contribution >= 4 is 16.1 Å². The first-order valence-corrected chi connectivity index (χ1v) is 8.19. The molecule has 0 unspecified atom stereocenters. The van der Waals surface area contributed by atoms with Crippen LogP contribution in [-0.2, 0) is 21.2 Å². The van der Waals surface area contributed by atoms with Gasteiger partial charge in [-0.2, -0.15) is 9.11 Å². The second-order valence-corrected chi connectivity index (χ2v) is 6.69. The molecule has 0 fully saturated rings. The standard InChI is InChI=1S/C16H16FNO3S/c1-12-7-9-14(10-8-12)22(20,21)18-15(16(17)19)11-13-5-3-2-4-6-13/h2-10,15,18H,11H2,1H3/t15-/m0/s1. The fourth-order valence-electron chi connectivity index (χ4n) is 1.99. The van der Waals surface area contributed by atoms with Crippen molar-refractivity contribution in [2.24, 2.45) is 0 Å². The zero-order valence-corrected chi connectivity index (χ0v) is 12.8. The molecule has 0 aliphatic carbocycles. The van der Waals surface area contributed by atoms with Gasteiger partial charge in [0.25, 0.3) is 0 Å². The topological polar surface area (TPSA) is 63.2 Å². The summed E-state index contributed by atoms with van der Waals surface area (Å²) in [5, 5.41) is 0. The highest BCUT2D eigenvalue weighted by Gasteiger charge is 2.25. The van der Waals surface area contributed by atoms with Crippen molar-refractivity contribution in [3.05, 3.63) is 65.7 Å². The Morgan fingerprint density at radius 2 is 1.68 bits per heavy atom. The summed E-state index contributed by atoms with van der Waals surface area (Å²) in [5.74, 6) is 0. The van der Waals surface area contributed by atoms with E-state index in [1.165, 1.54) is 12.1 Å². The second kappa shape index (κ2) is 6.81. The van der Waals surface area contributed by atoms with Gasteiger partial charge in [-0.1, -0.05) is 48.0 Å². The lowest BCUT2D eigenvalue weighted by Crippen LogP contribution is -2.40. The van der Waals surface area contributed by atoms with E-state index in [4.69, 9.17) is 0 Å². The molecular formula is C16H16FNO3S. The molecule has 6 heteroatoms. The van der Waals surface area contributed by atoms with E-state index in [0.717, 1.165) is 5.56 Å². The molecule has 0 aromatic heterocycles. The van der Waals surface area contributed by atoms with Crippen LogP contribution >= 0.6 is 0 Å². The number of carbonyl (C=O) groups is 1. The third-order valence-corrected chi connectivity index (χ3v) is 4.67. The third-order valence-electron chi connectivity index (χ3n) is 3.19. The first kappa shape index (κ1) is 16.3. The van der Waals surface area contributed by atoms with E-state index in [0.29, 0.717) is 5.56 Å². The average Bonchev–Trinajstić information content (AvgIpc) is 2.48. The Morgan fingerprint density at radius 3 is 2.23 bits per heavy atom. The van der Waals surface area contributed by atoms with Crippen LogP contribution < -0.4 is 4.72 Å². The molecule has 2 rings (SSSR count). The van der Waals surface area contributed by atoms with Crippen molar-refractivity contribution in [2.45, 2.75) is 24.3 Å². The smallest absolute Gasteiger partial charge is 0.259 e. The minimum absolute atomic E-state index is 0.00240. The van der Waals surface area contributed by atoms with Gasteiger partial charge in [0.2, 0.25) is 10.0 Å². The van der Waals surface area contributed by atoms with Crippen molar-refractivity contribution in [3.8, 4) is 0 Å². The molecule has 0 bridgehead atoms. The predicted octanol–water partition coefficient (Wildman–Crippen LogP) is 2.38. The monoisotopic (exact) mass is 321 g/mol. The zero-order valence-electron chi connectivity index (χ0n) is 12.0. The van der Waals surface area contributed by atoms with Crippen molar-refractivity contribution in [1.82, 2.24) is 4.72 Å². The largest absolute Gasteiger partial charge is 0.319 e. The van der Waals surface area contributed by atoms with Crippen molar-refractivity contribution < 1.29 is 17.6 Å². The predicted molar refractivity (Wildman–Crippen MR) is 81.5 cm³/mol. The summed E-state index contributed by atoms with van der Waals surface area (Å²) < 4.78 is 39.8. The molecule has 4 nitrogen and oxygen atoms in total. The summed E-state index contributed by atoms with van der Waals surface area (Å²) in [5.41, 5.74) is 1.58.